The Morgan fingerprint density at radius 2 is 2.00 bits per heavy atom. The summed E-state index contributed by atoms with van der Waals surface area (Å²) in [5, 5.41) is 3.61. The van der Waals surface area contributed by atoms with E-state index in [4.69, 9.17) is 0 Å². The van der Waals surface area contributed by atoms with Gasteiger partial charge in [0.05, 0.1) is 5.51 Å². The Morgan fingerprint density at radius 1 is 1.19 bits per heavy atom. The first-order valence-corrected chi connectivity index (χ1v) is 9.14. The minimum Gasteiger partial charge on any atom is -0.316 e. The topological polar surface area (TPSA) is 24.9 Å². The lowest BCUT2D eigenvalue weighted by molar-refractivity contribution is 0.446. The summed E-state index contributed by atoms with van der Waals surface area (Å²) in [6, 6.07) is 8.53. The molecule has 0 spiro atoms. The van der Waals surface area contributed by atoms with Crippen LogP contribution in [0, 0.1) is 11.8 Å². The number of benzene rings is 1. The average molecular weight is 367 g/mol. The summed E-state index contributed by atoms with van der Waals surface area (Å²) in [4.78, 5) is 5.57. The lowest BCUT2D eigenvalue weighted by atomic mass is 9.95. The highest BCUT2D eigenvalue weighted by molar-refractivity contribution is 9.10. The maximum Gasteiger partial charge on any atom is 0.0794 e. The summed E-state index contributed by atoms with van der Waals surface area (Å²) in [6.07, 6.45) is 4.18. The molecule has 1 heterocycles. The van der Waals surface area contributed by atoms with Crippen molar-refractivity contribution in [3.05, 3.63) is 50.9 Å². The average Bonchev–Trinajstić information content (AvgIpc) is 2.93. The number of halogens is 1. The number of rotatable bonds is 8. The van der Waals surface area contributed by atoms with Crippen LogP contribution in [-0.4, -0.2) is 18.1 Å². The molecule has 0 bridgehead atoms. The maximum absolute atomic E-state index is 4.20. The molecule has 0 fully saturated rings. The number of hydrogen-bond acceptors (Lipinski definition) is 3. The molecule has 2 rings (SSSR count). The van der Waals surface area contributed by atoms with Gasteiger partial charge in [-0.05, 0) is 49.4 Å². The first kappa shape index (κ1) is 16.7. The van der Waals surface area contributed by atoms with Crippen LogP contribution in [0.5, 0.6) is 0 Å². The van der Waals surface area contributed by atoms with Crippen molar-refractivity contribution in [3.63, 3.8) is 0 Å². The van der Waals surface area contributed by atoms with Crippen LogP contribution in [0.2, 0.25) is 0 Å². The first-order valence-electron chi connectivity index (χ1n) is 7.46. The van der Waals surface area contributed by atoms with Gasteiger partial charge in [-0.15, -0.1) is 11.3 Å². The van der Waals surface area contributed by atoms with Crippen molar-refractivity contribution in [3.8, 4) is 0 Å². The second-order valence-corrected chi connectivity index (χ2v) is 7.71. The highest BCUT2D eigenvalue weighted by Crippen LogP contribution is 2.22. The van der Waals surface area contributed by atoms with Gasteiger partial charge in [0.1, 0.15) is 0 Å². The number of thiazole rings is 1. The fraction of sp³-hybridized carbons (Fsp3) is 0.471. The van der Waals surface area contributed by atoms with E-state index < -0.39 is 0 Å². The van der Waals surface area contributed by atoms with Crippen molar-refractivity contribution in [2.45, 2.75) is 26.7 Å². The van der Waals surface area contributed by atoms with Gasteiger partial charge in [0.25, 0.3) is 0 Å². The highest BCUT2D eigenvalue weighted by Gasteiger charge is 2.13. The van der Waals surface area contributed by atoms with Crippen molar-refractivity contribution < 1.29 is 0 Å². The highest BCUT2D eigenvalue weighted by atomic mass is 79.9. The third-order valence-electron chi connectivity index (χ3n) is 3.43. The zero-order chi connectivity index (χ0) is 15.1. The minimum absolute atomic E-state index is 0.600. The number of hydrogen-bond donors (Lipinski definition) is 1. The largest absolute Gasteiger partial charge is 0.316 e. The summed E-state index contributed by atoms with van der Waals surface area (Å²) in [7, 11) is 0. The summed E-state index contributed by atoms with van der Waals surface area (Å²) < 4.78 is 1.21. The molecule has 0 radical (unpaired) electrons. The van der Waals surface area contributed by atoms with Gasteiger partial charge >= 0.3 is 0 Å². The Hall–Kier alpha value is -0.710. The van der Waals surface area contributed by atoms with Crippen LogP contribution in [0.25, 0.3) is 0 Å². The van der Waals surface area contributed by atoms with E-state index in [1.54, 1.807) is 11.3 Å². The van der Waals surface area contributed by atoms with Gasteiger partial charge in [-0.2, -0.15) is 0 Å². The fourth-order valence-corrected chi connectivity index (χ4v) is 3.55. The number of nitrogens with zero attached hydrogens (tertiary/aromatic N) is 1. The minimum atomic E-state index is 0.600. The second kappa shape index (κ2) is 8.66. The number of aromatic nitrogens is 1. The van der Waals surface area contributed by atoms with E-state index in [2.05, 4.69) is 64.3 Å². The van der Waals surface area contributed by atoms with Gasteiger partial charge in [-0.25, -0.2) is 0 Å². The third kappa shape index (κ3) is 5.89. The van der Waals surface area contributed by atoms with Crippen molar-refractivity contribution >= 4 is 27.3 Å². The molecule has 114 valence electrons. The van der Waals surface area contributed by atoms with Crippen LogP contribution < -0.4 is 5.32 Å². The fourth-order valence-electron chi connectivity index (χ4n) is 2.40. The Bertz CT molecular complexity index is 525. The smallest absolute Gasteiger partial charge is 0.0794 e. The molecule has 1 aromatic carbocycles. The van der Waals surface area contributed by atoms with E-state index in [1.807, 2.05) is 11.7 Å². The molecule has 0 saturated heterocycles. The summed E-state index contributed by atoms with van der Waals surface area (Å²) in [5.74, 6) is 1.29. The predicted octanol–water partition coefficient (Wildman–Crippen LogP) is 4.55. The summed E-state index contributed by atoms with van der Waals surface area (Å²) in [6.45, 7) is 6.63. The van der Waals surface area contributed by atoms with Gasteiger partial charge in [0.2, 0.25) is 0 Å². The monoisotopic (exact) mass is 366 g/mol. The summed E-state index contributed by atoms with van der Waals surface area (Å²) >= 11 is 5.42. The van der Waals surface area contributed by atoms with Crippen LogP contribution in [0.3, 0.4) is 0 Å². The van der Waals surface area contributed by atoms with Gasteiger partial charge in [0.15, 0.2) is 0 Å². The zero-order valence-corrected chi connectivity index (χ0v) is 15.1. The van der Waals surface area contributed by atoms with Crippen LogP contribution in [0.4, 0.5) is 0 Å². The second-order valence-electron chi connectivity index (χ2n) is 5.89. The molecule has 0 aliphatic rings. The van der Waals surface area contributed by atoms with Crippen LogP contribution in [-0.2, 0) is 12.8 Å². The lowest BCUT2D eigenvalue weighted by Crippen LogP contribution is -2.28. The molecule has 0 aliphatic heterocycles. The molecule has 0 aliphatic carbocycles. The number of nitrogens with one attached hydrogen (secondary N) is 1. The predicted molar refractivity (Wildman–Crippen MR) is 94.9 cm³/mol. The van der Waals surface area contributed by atoms with E-state index >= 15 is 0 Å². The standard InChI is InChI=1S/C17H23BrN2S/c1-13(2)9-19-10-14(8-16-11-20-12-21-16)7-15-5-3-4-6-17(15)18/h3-6,11-14,19H,7-10H2,1-2H3. The normalized spacial score (nSPS) is 12.8. The maximum atomic E-state index is 4.20. The van der Waals surface area contributed by atoms with Crippen LogP contribution in [0.1, 0.15) is 24.3 Å². The SMILES string of the molecule is CC(C)CNCC(Cc1cncs1)Cc1ccccc1Br. The molecular formula is C17H23BrN2S. The molecule has 21 heavy (non-hydrogen) atoms. The zero-order valence-electron chi connectivity index (χ0n) is 12.7. The van der Waals surface area contributed by atoms with E-state index in [1.165, 1.54) is 14.9 Å². The van der Waals surface area contributed by atoms with E-state index in [0.717, 1.165) is 25.9 Å². The Labute approximate surface area is 140 Å². The van der Waals surface area contributed by atoms with Crippen LogP contribution >= 0.6 is 27.3 Å². The third-order valence-corrected chi connectivity index (χ3v) is 5.00. The van der Waals surface area contributed by atoms with Crippen molar-refractivity contribution in [1.29, 1.82) is 0 Å². The van der Waals surface area contributed by atoms with Crippen molar-refractivity contribution in [2.75, 3.05) is 13.1 Å². The van der Waals surface area contributed by atoms with Gasteiger partial charge < -0.3 is 5.32 Å². The molecule has 1 unspecified atom stereocenters. The molecule has 2 aromatic rings. The molecule has 0 saturated carbocycles. The first-order chi connectivity index (χ1) is 10.1. The van der Waals surface area contributed by atoms with E-state index in [-0.39, 0.29) is 0 Å². The molecule has 2 nitrogen and oxygen atoms in total. The van der Waals surface area contributed by atoms with Gasteiger partial charge in [0, 0.05) is 15.5 Å². The molecule has 1 atom stereocenters. The molecule has 1 aromatic heterocycles. The Kier molecular flexibility index (Phi) is 6.87. The molecule has 1 N–H and O–H groups in total. The lowest BCUT2D eigenvalue weighted by Gasteiger charge is -2.18. The molecule has 0 amide bonds. The van der Waals surface area contributed by atoms with Crippen molar-refractivity contribution in [2.24, 2.45) is 11.8 Å². The molecular weight excluding hydrogens is 344 g/mol. The van der Waals surface area contributed by atoms with E-state index in [9.17, 15) is 0 Å². The Balaban J connectivity index is 1.98. The molecule has 4 heteroatoms. The van der Waals surface area contributed by atoms with E-state index in [0.29, 0.717) is 11.8 Å². The van der Waals surface area contributed by atoms with Crippen molar-refractivity contribution in [1.82, 2.24) is 10.3 Å². The Morgan fingerprint density at radius 3 is 2.67 bits per heavy atom. The quantitative estimate of drug-likeness (QED) is 0.740. The van der Waals surface area contributed by atoms with Crippen LogP contribution in [0.15, 0.2) is 40.4 Å². The summed E-state index contributed by atoms with van der Waals surface area (Å²) in [5.41, 5.74) is 3.31. The van der Waals surface area contributed by atoms with Gasteiger partial charge in [-0.3, -0.25) is 4.98 Å². The van der Waals surface area contributed by atoms with Gasteiger partial charge in [-0.1, -0.05) is 48.0 Å².